The van der Waals surface area contributed by atoms with E-state index < -0.39 is 10.0 Å². The monoisotopic (exact) mass is 435 g/mol. The lowest BCUT2D eigenvalue weighted by molar-refractivity contribution is 0.206. The molecule has 166 valence electrons. The second-order valence-electron chi connectivity index (χ2n) is 8.82. The molecule has 1 aliphatic carbocycles. The standard InChI is InChI=1S/C21H33N5O3S/c1-15(2)26-14-22-20-19(26)13-18(23-21(20)24(3)11-12-29-4)16-7-9-25(10-8-16)30(27,28)17-5-6-17/h13-17H,5-12H2,1-4H3. The normalized spacial score (nSPS) is 19.1. The first kappa shape index (κ1) is 21.5. The summed E-state index contributed by atoms with van der Waals surface area (Å²) in [5.41, 5.74) is 3.02. The second kappa shape index (κ2) is 8.43. The number of hydrogen-bond donors (Lipinski definition) is 0. The summed E-state index contributed by atoms with van der Waals surface area (Å²) < 4.78 is 34.3. The van der Waals surface area contributed by atoms with Gasteiger partial charge in [-0.15, -0.1) is 0 Å². The van der Waals surface area contributed by atoms with Crippen LogP contribution < -0.4 is 4.90 Å². The van der Waals surface area contributed by atoms with E-state index in [2.05, 4.69) is 34.4 Å². The highest BCUT2D eigenvalue weighted by molar-refractivity contribution is 7.90. The van der Waals surface area contributed by atoms with Crippen LogP contribution in [0.3, 0.4) is 0 Å². The molecule has 30 heavy (non-hydrogen) atoms. The summed E-state index contributed by atoms with van der Waals surface area (Å²) in [6.07, 6.45) is 5.13. The first-order valence-electron chi connectivity index (χ1n) is 10.9. The lowest BCUT2D eigenvalue weighted by Crippen LogP contribution is -2.39. The molecule has 0 radical (unpaired) electrons. The number of likely N-dealkylation sites (N-methyl/N-ethyl adjacent to an activating group) is 1. The van der Waals surface area contributed by atoms with Crippen LogP contribution in [0, 0.1) is 0 Å². The van der Waals surface area contributed by atoms with E-state index in [-0.39, 0.29) is 11.2 Å². The molecule has 0 bridgehead atoms. The van der Waals surface area contributed by atoms with Crippen molar-refractivity contribution in [1.29, 1.82) is 0 Å². The summed E-state index contributed by atoms with van der Waals surface area (Å²) in [6, 6.07) is 2.46. The largest absolute Gasteiger partial charge is 0.383 e. The molecule has 0 aromatic carbocycles. The molecule has 9 heteroatoms. The molecule has 4 rings (SSSR count). The van der Waals surface area contributed by atoms with Gasteiger partial charge in [-0.1, -0.05) is 0 Å². The molecule has 0 atom stereocenters. The number of piperidine rings is 1. The van der Waals surface area contributed by atoms with Crippen LogP contribution in [0.5, 0.6) is 0 Å². The minimum absolute atomic E-state index is 0.134. The summed E-state index contributed by atoms with van der Waals surface area (Å²) in [6.45, 7) is 6.82. The molecule has 3 heterocycles. The van der Waals surface area contributed by atoms with Crippen molar-refractivity contribution in [3.63, 3.8) is 0 Å². The molecule has 2 fully saturated rings. The topological polar surface area (TPSA) is 80.6 Å². The van der Waals surface area contributed by atoms with Crippen molar-refractivity contribution >= 4 is 26.9 Å². The van der Waals surface area contributed by atoms with Crippen molar-refractivity contribution in [2.24, 2.45) is 0 Å². The van der Waals surface area contributed by atoms with Crippen molar-refractivity contribution < 1.29 is 13.2 Å². The number of hydrogen-bond acceptors (Lipinski definition) is 6. The van der Waals surface area contributed by atoms with Crippen molar-refractivity contribution in [3.8, 4) is 0 Å². The number of aromatic nitrogens is 3. The maximum atomic E-state index is 12.6. The first-order chi connectivity index (χ1) is 14.3. The molecular formula is C21H33N5O3S. The highest BCUT2D eigenvalue weighted by Gasteiger charge is 2.41. The summed E-state index contributed by atoms with van der Waals surface area (Å²) in [5.74, 6) is 1.12. The molecule has 2 aliphatic rings. The van der Waals surface area contributed by atoms with Gasteiger partial charge < -0.3 is 14.2 Å². The summed E-state index contributed by atoms with van der Waals surface area (Å²) in [5, 5.41) is -0.134. The summed E-state index contributed by atoms with van der Waals surface area (Å²) >= 11 is 0. The molecule has 0 spiro atoms. The Hall–Kier alpha value is -1.71. The van der Waals surface area contributed by atoms with Crippen LogP contribution in [-0.4, -0.2) is 72.9 Å². The Bertz CT molecular complexity index is 991. The fraction of sp³-hybridized carbons (Fsp3) is 0.714. The molecule has 2 aromatic rings. The quantitative estimate of drug-likeness (QED) is 0.634. The minimum Gasteiger partial charge on any atom is -0.383 e. The average Bonchev–Trinajstić information content (AvgIpc) is 3.51. The maximum Gasteiger partial charge on any atom is 0.216 e. The lowest BCUT2D eigenvalue weighted by Gasteiger charge is -2.31. The van der Waals surface area contributed by atoms with Gasteiger partial charge in [-0.05, 0) is 45.6 Å². The molecule has 1 saturated heterocycles. The zero-order valence-corrected chi connectivity index (χ0v) is 19.2. The number of nitrogens with zero attached hydrogens (tertiary/aromatic N) is 5. The molecule has 0 N–H and O–H groups in total. The van der Waals surface area contributed by atoms with E-state index in [0.717, 1.165) is 54.8 Å². The maximum absolute atomic E-state index is 12.6. The molecular weight excluding hydrogens is 402 g/mol. The third-order valence-corrected chi connectivity index (χ3v) is 8.69. The van der Waals surface area contributed by atoms with Crippen LogP contribution in [0.1, 0.15) is 57.2 Å². The average molecular weight is 436 g/mol. The van der Waals surface area contributed by atoms with Crippen LogP contribution >= 0.6 is 0 Å². The van der Waals surface area contributed by atoms with E-state index in [1.807, 2.05) is 13.4 Å². The van der Waals surface area contributed by atoms with E-state index >= 15 is 0 Å². The number of sulfonamides is 1. The predicted octanol–water partition coefficient (Wildman–Crippen LogP) is 2.77. The Morgan fingerprint density at radius 1 is 1.23 bits per heavy atom. The van der Waals surface area contributed by atoms with Gasteiger partial charge in [0.05, 0.1) is 23.7 Å². The van der Waals surface area contributed by atoms with Gasteiger partial charge in [0, 0.05) is 51.4 Å². The van der Waals surface area contributed by atoms with Crippen molar-refractivity contribution in [1.82, 2.24) is 18.8 Å². The van der Waals surface area contributed by atoms with Crippen LogP contribution in [0.2, 0.25) is 0 Å². The Morgan fingerprint density at radius 3 is 2.53 bits per heavy atom. The van der Waals surface area contributed by atoms with Gasteiger partial charge in [-0.2, -0.15) is 0 Å². The minimum atomic E-state index is -3.09. The van der Waals surface area contributed by atoms with Crippen molar-refractivity contribution in [2.75, 3.05) is 45.3 Å². The summed E-state index contributed by atoms with van der Waals surface area (Å²) in [7, 11) is 0.623. The van der Waals surface area contributed by atoms with Gasteiger partial charge in [0.25, 0.3) is 0 Å². The number of pyridine rings is 1. The molecule has 8 nitrogen and oxygen atoms in total. The van der Waals surface area contributed by atoms with E-state index in [1.165, 1.54) is 0 Å². The van der Waals surface area contributed by atoms with Gasteiger partial charge in [0.1, 0.15) is 5.52 Å². The molecule has 1 aliphatic heterocycles. The van der Waals surface area contributed by atoms with E-state index in [9.17, 15) is 8.42 Å². The number of rotatable bonds is 8. The highest BCUT2D eigenvalue weighted by atomic mass is 32.2. The number of methoxy groups -OCH3 is 1. The highest BCUT2D eigenvalue weighted by Crippen LogP contribution is 2.37. The Balaban J connectivity index is 1.62. The van der Waals surface area contributed by atoms with Gasteiger partial charge in [-0.3, -0.25) is 0 Å². The predicted molar refractivity (Wildman–Crippen MR) is 119 cm³/mol. The number of ether oxygens (including phenoxy) is 1. The zero-order chi connectivity index (χ0) is 21.5. The lowest BCUT2D eigenvalue weighted by atomic mass is 9.94. The third-order valence-electron chi connectivity index (χ3n) is 6.29. The molecule has 0 amide bonds. The fourth-order valence-corrected chi connectivity index (χ4v) is 6.11. The molecule has 1 saturated carbocycles. The van der Waals surface area contributed by atoms with Crippen LogP contribution in [0.15, 0.2) is 12.4 Å². The molecule has 2 aromatic heterocycles. The van der Waals surface area contributed by atoms with Gasteiger partial charge in [0.2, 0.25) is 10.0 Å². The van der Waals surface area contributed by atoms with Gasteiger partial charge >= 0.3 is 0 Å². The zero-order valence-electron chi connectivity index (χ0n) is 18.4. The molecule has 0 unspecified atom stereocenters. The number of imidazole rings is 1. The summed E-state index contributed by atoms with van der Waals surface area (Å²) in [4.78, 5) is 11.8. The Morgan fingerprint density at radius 2 is 1.93 bits per heavy atom. The fourth-order valence-electron chi connectivity index (χ4n) is 4.24. The first-order valence-corrected chi connectivity index (χ1v) is 12.4. The van der Waals surface area contributed by atoms with E-state index in [4.69, 9.17) is 9.72 Å². The number of fused-ring (bicyclic) bond motifs is 1. The van der Waals surface area contributed by atoms with E-state index in [1.54, 1.807) is 11.4 Å². The van der Waals surface area contributed by atoms with Gasteiger partial charge in [0.15, 0.2) is 5.82 Å². The Labute approximate surface area is 179 Å². The van der Waals surface area contributed by atoms with Crippen molar-refractivity contribution in [3.05, 3.63) is 18.1 Å². The van der Waals surface area contributed by atoms with E-state index in [0.29, 0.717) is 25.7 Å². The smallest absolute Gasteiger partial charge is 0.216 e. The van der Waals surface area contributed by atoms with Crippen molar-refractivity contribution in [2.45, 2.75) is 56.7 Å². The van der Waals surface area contributed by atoms with Crippen LogP contribution in [0.25, 0.3) is 11.0 Å². The third kappa shape index (κ3) is 4.07. The second-order valence-corrected chi connectivity index (χ2v) is 11.0. The Kier molecular flexibility index (Phi) is 6.05. The van der Waals surface area contributed by atoms with Crippen LogP contribution in [-0.2, 0) is 14.8 Å². The van der Waals surface area contributed by atoms with Gasteiger partial charge in [-0.25, -0.2) is 22.7 Å². The van der Waals surface area contributed by atoms with Crippen LogP contribution in [0.4, 0.5) is 5.82 Å². The number of anilines is 1. The SMILES string of the molecule is COCCN(C)c1nc(C2CCN(S(=O)(=O)C3CC3)CC2)cc2c1ncn2C(C)C.